The van der Waals surface area contributed by atoms with Crippen LogP contribution in [0.1, 0.15) is 19.8 Å². The lowest BCUT2D eigenvalue weighted by molar-refractivity contribution is -0.153. The van der Waals surface area contributed by atoms with Crippen molar-refractivity contribution >= 4 is 35.4 Å². The zero-order valence-electron chi connectivity index (χ0n) is 18.7. The summed E-state index contributed by atoms with van der Waals surface area (Å²) in [6.45, 7) is 4.57. The maximum atomic E-state index is 13.4. The molecule has 0 aromatic heterocycles. The molecule has 4 atom stereocenters. The molecule has 1 aromatic rings. The molecule has 0 radical (unpaired) electrons. The molecular weight excluding hydrogens is 462 g/mol. The van der Waals surface area contributed by atoms with Crippen molar-refractivity contribution in [3.63, 3.8) is 0 Å². The van der Waals surface area contributed by atoms with E-state index in [1.807, 2.05) is 31.2 Å². The number of amides is 1. The third kappa shape index (κ3) is 4.51. The Morgan fingerprint density at radius 2 is 2.12 bits per heavy atom. The summed E-state index contributed by atoms with van der Waals surface area (Å²) in [6.07, 6.45) is 1.31. The number of rotatable bonds is 11. The SMILES string of the molecule is C[C@@H]1C(CSc2ccc(OCCN)cc2)=C(C(=O)O)N2C(=O)C(CCO)(SC3CCNC3)[C@H]12. The van der Waals surface area contributed by atoms with Crippen LogP contribution in [0, 0.1) is 5.92 Å². The van der Waals surface area contributed by atoms with E-state index >= 15 is 0 Å². The summed E-state index contributed by atoms with van der Waals surface area (Å²) >= 11 is 3.18. The Morgan fingerprint density at radius 1 is 1.36 bits per heavy atom. The van der Waals surface area contributed by atoms with Crippen molar-refractivity contribution in [3.8, 4) is 5.75 Å². The molecule has 3 aliphatic heterocycles. The number of nitrogens with two attached hydrogens (primary N) is 1. The first-order chi connectivity index (χ1) is 15.9. The van der Waals surface area contributed by atoms with E-state index in [0.29, 0.717) is 30.6 Å². The number of thioether (sulfide) groups is 2. The molecule has 5 N–H and O–H groups in total. The molecule has 10 heteroatoms. The average Bonchev–Trinajstić information content (AvgIpc) is 3.41. The Labute approximate surface area is 202 Å². The van der Waals surface area contributed by atoms with Crippen molar-refractivity contribution in [1.82, 2.24) is 10.2 Å². The number of benzene rings is 1. The van der Waals surface area contributed by atoms with Gasteiger partial charge in [-0.3, -0.25) is 9.69 Å². The number of nitrogens with one attached hydrogen (secondary N) is 1. The number of aliphatic hydroxyl groups excluding tert-OH is 1. The molecule has 3 heterocycles. The van der Waals surface area contributed by atoms with E-state index in [9.17, 15) is 19.8 Å². The molecule has 2 unspecified atom stereocenters. The summed E-state index contributed by atoms with van der Waals surface area (Å²) < 4.78 is 4.75. The fraction of sp³-hybridized carbons (Fsp3) is 0.565. The fourth-order valence-electron chi connectivity index (χ4n) is 5.06. The predicted octanol–water partition coefficient (Wildman–Crippen LogP) is 1.53. The second-order valence-corrected chi connectivity index (χ2v) is 11.3. The monoisotopic (exact) mass is 493 g/mol. The summed E-state index contributed by atoms with van der Waals surface area (Å²) in [4.78, 5) is 28.1. The molecule has 2 fully saturated rings. The number of carboxylic acids is 1. The number of carbonyl (C=O) groups excluding carboxylic acids is 1. The molecular formula is C23H31N3O5S2. The average molecular weight is 494 g/mol. The van der Waals surface area contributed by atoms with Crippen LogP contribution in [0.15, 0.2) is 40.4 Å². The standard InChI is InChI=1S/C23H31N3O5S2/c1-14-18(13-32-16-4-2-15(3-5-16)31-11-8-24)19(21(28)29)26-20(14)23(7-10-27,22(26)30)33-17-6-9-25-12-17/h2-5,14,17,20,25,27H,6-13,24H2,1H3,(H,28,29)/t14-,17?,20+,23?/m1/s1. The molecule has 0 aliphatic carbocycles. The number of carbonyl (C=O) groups is 2. The number of hydrogen-bond acceptors (Lipinski definition) is 8. The van der Waals surface area contributed by atoms with Gasteiger partial charge in [0.15, 0.2) is 0 Å². The van der Waals surface area contributed by atoms with Crippen molar-refractivity contribution in [2.75, 3.05) is 38.6 Å². The first-order valence-electron chi connectivity index (χ1n) is 11.3. The van der Waals surface area contributed by atoms with Crippen molar-refractivity contribution in [2.24, 2.45) is 11.7 Å². The highest BCUT2D eigenvalue weighted by atomic mass is 32.2. The van der Waals surface area contributed by atoms with Crippen LogP contribution in [0.4, 0.5) is 0 Å². The van der Waals surface area contributed by atoms with Gasteiger partial charge in [0.25, 0.3) is 0 Å². The Bertz CT molecular complexity index is 919. The Hall–Kier alpha value is -1.72. The fourth-order valence-corrected chi connectivity index (χ4v) is 8.00. The number of aliphatic carboxylic acids is 1. The lowest BCUT2D eigenvalue weighted by atomic mass is 9.78. The molecule has 1 aromatic carbocycles. The van der Waals surface area contributed by atoms with Crippen LogP contribution in [0.25, 0.3) is 0 Å². The minimum absolute atomic E-state index is 0.0955. The Kier molecular flexibility index (Phi) is 7.59. The number of hydrogen-bond donors (Lipinski definition) is 4. The summed E-state index contributed by atoms with van der Waals surface area (Å²) in [5.74, 6) is -0.113. The van der Waals surface area contributed by atoms with Gasteiger partial charge in [-0.15, -0.1) is 23.5 Å². The molecule has 180 valence electrons. The van der Waals surface area contributed by atoms with Gasteiger partial charge in [0.05, 0.1) is 6.04 Å². The van der Waals surface area contributed by atoms with Gasteiger partial charge in [-0.1, -0.05) is 6.92 Å². The smallest absolute Gasteiger partial charge is 0.352 e. The molecule has 33 heavy (non-hydrogen) atoms. The quantitative estimate of drug-likeness (QED) is 0.268. The molecule has 3 aliphatic rings. The van der Waals surface area contributed by atoms with Crippen molar-refractivity contribution < 1.29 is 24.5 Å². The topological polar surface area (TPSA) is 125 Å². The van der Waals surface area contributed by atoms with Gasteiger partial charge in [-0.25, -0.2) is 4.79 Å². The molecule has 2 saturated heterocycles. The van der Waals surface area contributed by atoms with Crippen LogP contribution < -0.4 is 15.8 Å². The number of β-lactam (4-membered cyclic amide) rings is 1. The zero-order valence-corrected chi connectivity index (χ0v) is 20.3. The van der Waals surface area contributed by atoms with Gasteiger partial charge >= 0.3 is 5.97 Å². The first kappa shape index (κ1) is 24.4. The van der Waals surface area contributed by atoms with Crippen LogP contribution in [0.2, 0.25) is 0 Å². The summed E-state index contributed by atoms with van der Waals surface area (Å²) in [5, 5.41) is 23.4. The zero-order chi connectivity index (χ0) is 23.6. The predicted molar refractivity (Wildman–Crippen MR) is 129 cm³/mol. The summed E-state index contributed by atoms with van der Waals surface area (Å²) in [5.41, 5.74) is 6.36. The van der Waals surface area contributed by atoms with Crippen LogP contribution in [0.3, 0.4) is 0 Å². The van der Waals surface area contributed by atoms with Crippen molar-refractivity contribution in [3.05, 3.63) is 35.5 Å². The van der Waals surface area contributed by atoms with Gasteiger partial charge in [-0.2, -0.15) is 0 Å². The normalized spacial score (nSPS) is 28.8. The van der Waals surface area contributed by atoms with Gasteiger partial charge in [0.1, 0.15) is 22.8 Å². The summed E-state index contributed by atoms with van der Waals surface area (Å²) in [6, 6.07) is 7.39. The van der Waals surface area contributed by atoms with E-state index in [1.165, 1.54) is 4.90 Å². The van der Waals surface area contributed by atoms with E-state index < -0.39 is 10.7 Å². The number of ether oxygens (including phenoxy) is 1. The van der Waals surface area contributed by atoms with E-state index in [-0.39, 0.29) is 30.2 Å². The number of fused-ring (bicyclic) bond motifs is 1. The molecule has 0 spiro atoms. The second kappa shape index (κ2) is 10.3. The van der Waals surface area contributed by atoms with Crippen molar-refractivity contribution in [1.29, 1.82) is 0 Å². The molecule has 0 bridgehead atoms. The highest BCUT2D eigenvalue weighted by Gasteiger charge is 2.68. The minimum Gasteiger partial charge on any atom is -0.492 e. The number of carboxylic acid groups (broad SMARTS) is 1. The van der Waals surface area contributed by atoms with Crippen LogP contribution >= 0.6 is 23.5 Å². The lowest BCUT2D eigenvalue weighted by Gasteiger charge is -2.55. The lowest BCUT2D eigenvalue weighted by Crippen LogP contribution is -2.72. The second-order valence-electron chi connectivity index (χ2n) is 8.58. The van der Waals surface area contributed by atoms with E-state index in [1.54, 1.807) is 23.5 Å². The van der Waals surface area contributed by atoms with Gasteiger partial charge < -0.3 is 26.0 Å². The van der Waals surface area contributed by atoms with Crippen LogP contribution in [0.5, 0.6) is 5.75 Å². The molecule has 0 saturated carbocycles. The largest absolute Gasteiger partial charge is 0.492 e. The highest BCUT2D eigenvalue weighted by molar-refractivity contribution is 8.02. The number of nitrogens with zero attached hydrogens (tertiary/aromatic N) is 1. The van der Waals surface area contributed by atoms with Gasteiger partial charge in [0.2, 0.25) is 5.91 Å². The highest BCUT2D eigenvalue weighted by Crippen LogP contribution is 2.57. The molecule has 1 amide bonds. The first-order valence-corrected chi connectivity index (χ1v) is 13.1. The van der Waals surface area contributed by atoms with Gasteiger partial charge in [0, 0.05) is 41.5 Å². The Balaban J connectivity index is 1.52. The third-order valence-corrected chi connectivity index (χ3v) is 9.42. The summed E-state index contributed by atoms with van der Waals surface area (Å²) in [7, 11) is 0. The van der Waals surface area contributed by atoms with Gasteiger partial charge in [-0.05, 0) is 49.2 Å². The van der Waals surface area contributed by atoms with E-state index in [0.717, 1.165) is 35.7 Å². The molecule has 8 nitrogen and oxygen atoms in total. The maximum Gasteiger partial charge on any atom is 0.352 e. The molecule has 4 rings (SSSR count). The van der Waals surface area contributed by atoms with Crippen molar-refractivity contribution in [2.45, 2.75) is 40.7 Å². The van der Waals surface area contributed by atoms with E-state index in [4.69, 9.17) is 10.5 Å². The minimum atomic E-state index is -1.07. The Morgan fingerprint density at radius 3 is 2.73 bits per heavy atom. The maximum absolute atomic E-state index is 13.4. The van der Waals surface area contributed by atoms with E-state index in [2.05, 4.69) is 5.32 Å². The van der Waals surface area contributed by atoms with Crippen LogP contribution in [-0.2, 0) is 9.59 Å². The third-order valence-electron chi connectivity index (χ3n) is 6.59. The van der Waals surface area contributed by atoms with Crippen LogP contribution in [-0.4, -0.2) is 81.6 Å². The number of aliphatic hydroxyl groups is 1.